The van der Waals surface area contributed by atoms with Crippen LogP contribution in [-0.2, 0) is 22.4 Å². The third kappa shape index (κ3) is 11.2. The molecule has 0 unspecified atom stereocenters. The van der Waals surface area contributed by atoms with E-state index in [0.29, 0.717) is 44.0 Å². The number of aliphatic hydroxyl groups is 1. The van der Waals surface area contributed by atoms with Gasteiger partial charge in [0.05, 0.1) is 24.7 Å². The molecule has 0 heterocycles. The van der Waals surface area contributed by atoms with Crippen LogP contribution in [0.25, 0.3) is 0 Å². The molecule has 1 fully saturated rings. The van der Waals surface area contributed by atoms with Crippen LogP contribution in [0.3, 0.4) is 0 Å². The maximum Gasteiger partial charge on any atom is 0.186 e. The van der Waals surface area contributed by atoms with Crippen molar-refractivity contribution in [3.8, 4) is 35.2 Å². The number of ether oxygens (including phenoxy) is 2. The van der Waals surface area contributed by atoms with Crippen molar-refractivity contribution in [2.24, 2.45) is 40.1 Å². The molecule has 0 saturated heterocycles. The summed E-state index contributed by atoms with van der Waals surface area (Å²) in [6, 6.07) is 12.0. The quantitative estimate of drug-likeness (QED) is 0.0688. The van der Waals surface area contributed by atoms with Gasteiger partial charge >= 0.3 is 0 Å². The molecule has 0 aromatic heterocycles. The average molecular weight is 736 g/mol. The van der Waals surface area contributed by atoms with Crippen molar-refractivity contribution in [3.05, 3.63) is 70.3 Å². The zero-order valence-electron chi connectivity index (χ0n) is 32.6. The Labute approximate surface area is 323 Å². The lowest BCUT2D eigenvalue weighted by Gasteiger charge is -2.33. The molecule has 290 valence electrons. The SMILES string of the molecule is CCC/C(=C/C(=O)CCc1cc(OC2CCCC2)c(O)c2c1C#C[C@@H]1[C@@H](Cc3ccccc3)C#CC[C@@H](C)CC[C@@H]2[C@@H](COC)CC[C@@H]1N=C(N)N)CO. The molecule has 0 amide bonds. The van der Waals surface area contributed by atoms with Gasteiger partial charge in [0, 0.05) is 43.6 Å². The second kappa shape index (κ2) is 20.4. The number of methoxy groups -OCH3 is 1. The molecule has 4 aliphatic rings. The summed E-state index contributed by atoms with van der Waals surface area (Å²) in [5.74, 6) is 14.9. The van der Waals surface area contributed by atoms with E-state index in [1.165, 1.54) is 0 Å². The summed E-state index contributed by atoms with van der Waals surface area (Å²) < 4.78 is 12.6. The van der Waals surface area contributed by atoms with E-state index in [2.05, 4.69) is 42.7 Å². The Morgan fingerprint density at radius 1 is 1.04 bits per heavy atom. The van der Waals surface area contributed by atoms with Gasteiger partial charge in [-0.2, -0.15) is 0 Å². The number of nitrogens with zero attached hydrogens (tertiary/aromatic N) is 1. The van der Waals surface area contributed by atoms with Crippen LogP contribution in [-0.4, -0.2) is 54.4 Å². The van der Waals surface area contributed by atoms with Crippen LogP contribution in [0.2, 0.25) is 0 Å². The van der Waals surface area contributed by atoms with E-state index in [1.807, 2.05) is 31.2 Å². The zero-order valence-corrected chi connectivity index (χ0v) is 32.6. The number of phenols is 1. The van der Waals surface area contributed by atoms with Crippen LogP contribution in [0, 0.1) is 47.4 Å². The summed E-state index contributed by atoms with van der Waals surface area (Å²) in [6.45, 7) is 4.64. The number of aliphatic imine (C=N–C) groups is 1. The minimum atomic E-state index is -0.321. The van der Waals surface area contributed by atoms with Gasteiger partial charge in [0.25, 0.3) is 0 Å². The minimum absolute atomic E-state index is 0.0254. The Balaban J connectivity index is 1.75. The number of carbonyl (C=O) groups is 1. The second-order valence-electron chi connectivity index (χ2n) is 15.7. The van der Waals surface area contributed by atoms with E-state index in [9.17, 15) is 15.0 Å². The molecule has 0 aliphatic heterocycles. The Kier molecular flexibility index (Phi) is 15.5. The number of hydrogen-bond donors (Lipinski definition) is 4. The number of phenolic OH excluding ortho intramolecular Hbond substituents is 1. The smallest absolute Gasteiger partial charge is 0.186 e. The first-order chi connectivity index (χ1) is 26.2. The highest BCUT2D eigenvalue weighted by atomic mass is 16.5. The molecule has 2 bridgehead atoms. The number of aromatic hydroxyl groups is 1. The molecule has 6 rings (SSSR count). The number of fused-ring (bicyclic) bond motifs is 8. The van der Waals surface area contributed by atoms with Crippen LogP contribution in [0.15, 0.2) is 53.0 Å². The average Bonchev–Trinajstić information content (AvgIpc) is 3.67. The van der Waals surface area contributed by atoms with E-state index in [0.717, 1.165) is 85.6 Å². The number of carbonyl (C=O) groups excluding carboxylic acids is 1. The number of hydrogen-bond acceptors (Lipinski definition) is 6. The summed E-state index contributed by atoms with van der Waals surface area (Å²) in [6.07, 6.45) is 12.5. The number of benzene rings is 2. The summed E-state index contributed by atoms with van der Waals surface area (Å²) >= 11 is 0. The third-order valence-electron chi connectivity index (χ3n) is 11.4. The fourth-order valence-electron chi connectivity index (χ4n) is 8.60. The number of nitrogens with two attached hydrogens (primary N) is 2. The highest BCUT2D eigenvalue weighted by Crippen LogP contribution is 2.47. The molecule has 8 nitrogen and oxygen atoms in total. The van der Waals surface area contributed by atoms with E-state index in [-0.39, 0.29) is 66.3 Å². The standard InChI is InChI=1S/C46H61N3O5/c1-4-11-33(29-50)27-37(51)21-19-35-28-43(54-38-16-8-9-17-38)45(52)44-40(35)24-23-39-34(26-32-13-6-5-7-14-32)15-10-12-31(2)18-22-41(44)36(30-53-3)20-25-42(39)49-46(47)48/h5-7,13-14,27-28,31,34,36,38-39,41-42,50,52H,4,8-9,11-12,16-22,25-26,29-30H2,1-3H3,(H4,47,48,49)/b33-27-/t31-,34-,36-,39-,41-,42+/m1/s1. The molecule has 2 aromatic rings. The fraction of sp³-hybridized carbons (Fsp3) is 0.565. The topological polar surface area (TPSA) is 140 Å². The van der Waals surface area contributed by atoms with Crippen molar-refractivity contribution in [1.29, 1.82) is 0 Å². The number of guanidine groups is 1. The Morgan fingerprint density at radius 2 is 1.81 bits per heavy atom. The summed E-state index contributed by atoms with van der Waals surface area (Å²) in [5.41, 5.74) is 16.6. The molecular weight excluding hydrogens is 675 g/mol. The van der Waals surface area contributed by atoms with Gasteiger partial charge in [0.1, 0.15) is 0 Å². The monoisotopic (exact) mass is 735 g/mol. The molecule has 54 heavy (non-hydrogen) atoms. The predicted octanol–water partition coefficient (Wildman–Crippen LogP) is 7.37. The van der Waals surface area contributed by atoms with E-state index >= 15 is 0 Å². The van der Waals surface area contributed by atoms with Gasteiger partial charge in [-0.25, -0.2) is 4.99 Å². The van der Waals surface area contributed by atoms with E-state index in [1.54, 1.807) is 13.2 Å². The van der Waals surface area contributed by atoms with Crippen LogP contribution >= 0.6 is 0 Å². The zero-order chi connectivity index (χ0) is 38.5. The molecule has 0 radical (unpaired) electrons. The van der Waals surface area contributed by atoms with Crippen molar-refractivity contribution in [2.45, 2.75) is 122 Å². The van der Waals surface area contributed by atoms with Crippen molar-refractivity contribution in [3.63, 3.8) is 0 Å². The Bertz CT molecular complexity index is 1740. The lowest BCUT2D eigenvalue weighted by molar-refractivity contribution is -0.114. The summed E-state index contributed by atoms with van der Waals surface area (Å²) in [5, 5.41) is 22.3. The van der Waals surface area contributed by atoms with Crippen molar-refractivity contribution in [2.75, 3.05) is 20.3 Å². The first kappa shape index (κ1) is 40.9. The van der Waals surface area contributed by atoms with Crippen LogP contribution in [0.4, 0.5) is 0 Å². The largest absolute Gasteiger partial charge is 0.504 e. The minimum Gasteiger partial charge on any atom is -0.504 e. The Hall–Kier alpha value is -4.24. The highest BCUT2D eigenvalue weighted by molar-refractivity contribution is 5.90. The predicted molar refractivity (Wildman–Crippen MR) is 216 cm³/mol. The van der Waals surface area contributed by atoms with E-state index < -0.39 is 0 Å². The molecule has 0 spiro atoms. The maximum atomic E-state index is 13.4. The maximum absolute atomic E-state index is 13.4. The van der Waals surface area contributed by atoms with Crippen LogP contribution in [0.5, 0.6) is 11.5 Å². The van der Waals surface area contributed by atoms with Crippen LogP contribution < -0.4 is 16.2 Å². The Morgan fingerprint density at radius 3 is 2.52 bits per heavy atom. The van der Waals surface area contributed by atoms with Crippen molar-refractivity contribution in [1.82, 2.24) is 0 Å². The second-order valence-corrected chi connectivity index (χ2v) is 15.7. The molecular formula is C46H61N3O5. The van der Waals surface area contributed by atoms with Crippen molar-refractivity contribution >= 4 is 11.7 Å². The summed E-state index contributed by atoms with van der Waals surface area (Å²) in [4.78, 5) is 18.2. The first-order valence-corrected chi connectivity index (χ1v) is 20.2. The molecule has 6 atom stereocenters. The van der Waals surface area contributed by atoms with Gasteiger partial charge in [-0.3, -0.25) is 4.79 Å². The molecule has 6 N–H and O–H groups in total. The molecule has 8 heteroatoms. The third-order valence-corrected chi connectivity index (χ3v) is 11.4. The number of aliphatic hydroxyl groups excluding tert-OH is 1. The summed E-state index contributed by atoms with van der Waals surface area (Å²) in [7, 11) is 1.73. The van der Waals surface area contributed by atoms with E-state index in [4.69, 9.17) is 25.9 Å². The fourth-order valence-corrected chi connectivity index (χ4v) is 8.60. The number of rotatable bonds is 14. The lowest BCUT2D eigenvalue weighted by Crippen LogP contribution is -2.33. The number of allylic oxidation sites excluding steroid dienone is 1. The normalized spacial score (nSPS) is 24.6. The molecule has 2 aromatic carbocycles. The van der Waals surface area contributed by atoms with Crippen molar-refractivity contribution < 1.29 is 24.5 Å². The van der Waals surface area contributed by atoms with Gasteiger partial charge in [-0.1, -0.05) is 68.4 Å². The van der Waals surface area contributed by atoms with Gasteiger partial charge in [0.2, 0.25) is 0 Å². The van der Waals surface area contributed by atoms with Crippen LogP contribution in [0.1, 0.15) is 119 Å². The van der Waals surface area contributed by atoms with Gasteiger partial charge in [-0.05, 0) is 117 Å². The first-order valence-electron chi connectivity index (χ1n) is 20.2. The van der Waals surface area contributed by atoms with Gasteiger partial charge in [-0.15, -0.1) is 5.92 Å². The number of ketones is 1. The number of aryl methyl sites for hydroxylation is 1. The molecule has 4 aliphatic carbocycles. The van der Waals surface area contributed by atoms with Gasteiger partial charge < -0.3 is 31.2 Å². The molecule has 1 saturated carbocycles. The van der Waals surface area contributed by atoms with Gasteiger partial charge in [0.15, 0.2) is 23.2 Å². The lowest BCUT2D eigenvalue weighted by atomic mass is 9.73. The highest BCUT2D eigenvalue weighted by Gasteiger charge is 2.36.